The molecule has 1 saturated carbocycles. The number of methoxy groups -OCH3 is 1. The molecule has 2 aliphatic heterocycles. The van der Waals surface area contributed by atoms with Crippen LogP contribution >= 0.6 is 0 Å². The van der Waals surface area contributed by atoms with Gasteiger partial charge >= 0.3 is 6.03 Å². The molecule has 0 radical (unpaired) electrons. The third kappa shape index (κ3) is 3.90. The molecule has 7 heteroatoms. The van der Waals surface area contributed by atoms with Crippen LogP contribution in [0.5, 0.6) is 5.75 Å². The average Bonchev–Trinajstić information content (AvgIpc) is 3.00. The molecule has 0 aromatic heterocycles. The number of likely N-dealkylation sites (tertiary alicyclic amines) is 1. The Balaban J connectivity index is 1.53. The van der Waals surface area contributed by atoms with Crippen molar-refractivity contribution in [1.29, 1.82) is 0 Å². The van der Waals surface area contributed by atoms with Crippen LogP contribution in [0.3, 0.4) is 0 Å². The predicted molar refractivity (Wildman–Crippen MR) is 117 cm³/mol. The molecule has 4 rings (SSSR count). The lowest BCUT2D eigenvalue weighted by Gasteiger charge is -2.36. The zero-order valence-electron chi connectivity index (χ0n) is 18.6. The van der Waals surface area contributed by atoms with Crippen LogP contribution in [0.1, 0.15) is 69.4 Å². The highest BCUT2D eigenvalue weighted by molar-refractivity contribution is 6.09. The highest BCUT2D eigenvalue weighted by Crippen LogP contribution is 2.39. The van der Waals surface area contributed by atoms with Gasteiger partial charge in [0.25, 0.3) is 5.91 Å². The molecular weight excluding hydrogens is 394 g/mol. The van der Waals surface area contributed by atoms with Crippen LogP contribution in [-0.4, -0.2) is 65.3 Å². The minimum Gasteiger partial charge on any atom is -0.497 e. The minimum absolute atomic E-state index is 0.0462. The zero-order valence-corrected chi connectivity index (χ0v) is 18.6. The molecule has 0 N–H and O–H groups in total. The number of carbonyl (C=O) groups is 3. The smallest absolute Gasteiger partial charge is 0.327 e. The Kier molecular flexibility index (Phi) is 6.21. The van der Waals surface area contributed by atoms with Crippen molar-refractivity contribution in [1.82, 2.24) is 14.7 Å². The summed E-state index contributed by atoms with van der Waals surface area (Å²) in [7, 11) is 3.35. The summed E-state index contributed by atoms with van der Waals surface area (Å²) in [6.07, 6.45) is 8.29. The lowest BCUT2D eigenvalue weighted by atomic mass is 9.81. The Labute approximate surface area is 184 Å². The van der Waals surface area contributed by atoms with Crippen molar-refractivity contribution in [2.75, 3.05) is 27.2 Å². The second-order valence-corrected chi connectivity index (χ2v) is 9.05. The first kappa shape index (κ1) is 21.7. The highest BCUT2D eigenvalue weighted by Gasteiger charge is 2.56. The first-order valence-electron chi connectivity index (χ1n) is 11.5. The van der Waals surface area contributed by atoms with Gasteiger partial charge in [-0.15, -0.1) is 0 Å². The number of hydrogen-bond donors (Lipinski definition) is 0. The van der Waals surface area contributed by atoms with E-state index >= 15 is 0 Å². The Morgan fingerprint density at radius 3 is 2.39 bits per heavy atom. The molecule has 1 aromatic carbocycles. The topological polar surface area (TPSA) is 70.2 Å². The van der Waals surface area contributed by atoms with Crippen LogP contribution < -0.4 is 4.74 Å². The van der Waals surface area contributed by atoms with E-state index in [0.29, 0.717) is 19.4 Å². The number of likely N-dealkylation sites (N-methyl/N-ethyl adjacent to an activating group) is 1. The fraction of sp³-hybridized carbons (Fsp3) is 0.625. The molecule has 3 aliphatic rings. The molecule has 7 nitrogen and oxygen atoms in total. The van der Waals surface area contributed by atoms with Crippen LogP contribution in [0.25, 0.3) is 0 Å². The Morgan fingerprint density at radius 2 is 1.71 bits per heavy atom. The maximum atomic E-state index is 13.4. The van der Waals surface area contributed by atoms with E-state index in [1.165, 1.54) is 4.90 Å². The second-order valence-electron chi connectivity index (χ2n) is 9.05. The van der Waals surface area contributed by atoms with Crippen molar-refractivity contribution in [3.63, 3.8) is 0 Å². The molecule has 31 heavy (non-hydrogen) atoms. The minimum atomic E-state index is -0.746. The van der Waals surface area contributed by atoms with Crippen molar-refractivity contribution in [2.45, 2.75) is 69.4 Å². The number of urea groups is 1. The molecule has 1 atom stereocenters. The molecule has 2 saturated heterocycles. The van der Waals surface area contributed by atoms with Crippen LogP contribution in [0, 0.1) is 0 Å². The van der Waals surface area contributed by atoms with Gasteiger partial charge < -0.3 is 14.5 Å². The number of nitrogens with zero attached hydrogens (tertiary/aromatic N) is 3. The molecule has 168 valence electrons. The molecule has 4 amide bonds. The lowest BCUT2D eigenvalue weighted by molar-refractivity contribution is -0.141. The van der Waals surface area contributed by atoms with E-state index in [-0.39, 0.29) is 30.4 Å². The number of hydrogen-bond acceptors (Lipinski definition) is 4. The SMILES string of the molecule is COc1ccc(C2CCCCCN2C(=O)CN2C(=O)N(C)C3(CCCCC3)C2=O)cc1. The van der Waals surface area contributed by atoms with Gasteiger partial charge in [0.05, 0.1) is 13.2 Å². The van der Waals surface area contributed by atoms with Gasteiger partial charge in [-0.05, 0) is 43.4 Å². The van der Waals surface area contributed by atoms with Gasteiger partial charge in [0, 0.05) is 13.6 Å². The van der Waals surface area contributed by atoms with Gasteiger partial charge in [0.15, 0.2) is 0 Å². The molecular formula is C24H33N3O4. The van der Waals surface area contributed by atoms with Gasteiger partial charge in [0.1, 0.15) is 17.8 Å². The van der Waals surface area contributed by atoms with E-state index in [2.05, 4.69) is 0 Å². The third-order valence-electron chi connectivity index (χ3n) is 7.35. The second kappa shape index (κ2) is 8.89. The normalized spacial score (nSPS) is 23.9. The van der Waals surface area contributed by atoms with E-state index in [1.54, 1.807) is 19.1 Å². The quantitative estimate of drug-likeness (QED) is 0.687. The summed E-state index contributed by atoms with van der Waals surface area (Å²) in [5.74, 6) is 0.443. The number of amides is 4. The Hall–Kier alpha value is -2.57. The summed E-state index contributed by atoms with van der Waals surface area (Å²) < 4.78 is 5.27. The maximum absolute atomic E-state index is 13.4. The largest absolute Gasteiger partial charge is 0.497 e. The number of carbonyl (C=O) groups excluding carboxylic acids is 3. The summed E-state index contributed by atoms with van der Waals surface area (Å²) in [5.41, 5.74) is 0.319. The summed E-state index contributed by atoms with van der Waals surface area (Å²) in [4.78, 5) is 44.3. The van der Waals surface area contributed by atoms with Crippen LogP contribution in [-0.2, 0) is 9.59 Å². The predicted octanol–water partition coefficient (Wildman–Crippen LogP) is 3.74. The molecule has 2 heterocycles. The maximum Gasteiger partial charge on any atom is 0.327 e. The monoisotopic (exact) mass is 427 g/mol. The number of benzene rings is 1. The number of ether oxygens (including phenoxy) is 1. The summed E-state index contributed by atoms with van der Waals surface area (Å²) in [6.45, 7) is 0.475. The van der Waals surface area contributed by atoms with E-state index in [4.69, 9.17) is 4.74 Å². The summed E-state index contributed by atoms with van der Waals surface area (Å²) in [5, 5.41) is 0. The molecule has 1 spiro atoms. The molecule has 3 fully saturated rings. The van der Waals surface area contributed by atoms with Gasteiger partial charge in [-0.1, -0.05) is 44.2 Å². The molecule has 0 bridgehead atoms. The van der Waals surface area contributed by atoms with Gasteiger partial charge in [0.2, 0.25) is 5.91 Å². The third-order valence-corrected chi connectivity index (χ3v) is 7.35. The first-order chi connectivity index (χ1) is 15.0. The van der Waals surface area contributed by atoms with Gasteiger partial charge in [-0.25, -0.2) is 4.79 Å². The van der Waals surface area contributed by atoms with Crippen molar-refractivity contribution < 1.29 is 19.1 Å². The van der Waals surface area contributed by atoms with Gasteiger partial charge in [-0.2, -0.15) is 0 Å². The van der Waals surface area contributed by atoms with Gasteiger partial charge in [-0.3, -0.25) is 14.5 Å². The standard InChI is InChI=1S/C24H33N3O4/c1-25-23(30)27(22(29)24(25)14-6-4-7-15-24)17-21(28)26-16-8-3-5-9-20(26)18-10-12-19(31-2)13-11-18/h10-13,20H,3-9,14-17H2,1-2H3. The Bertz CT molecular complexity index is 832. The fourth-order valence-corrected chi connectivity index (χ4v) is 5.48. The van der Waals surface area contributed by atoms with Crippen molar-refractivity contribution in [2.24, 2.45) is 0 Å². The molecule has 1 aromatic rings. The fourth-order valence-electron chi connectivity index (χ4n) is 5.48. The highest BCUT2D eigenvalue weighted by atomic mass is 16.5. The zero-order chi connectivity index (χ0) is 22.0. The lowest BCUT2D eigenvalue weighted by Crippen LogP contribution is -2.49. The average molecular weight is 428 g/mol. The molecule has 1 unspecified atom stereocenters. The first-order valence-corrected chi connectivity index (χ1v) is 11.5. The van der Waals surface area contributed by atoms with E-state index in [9.17, 15) is 14.4 Å². The summed E-state index contributed by atoms with van der Waals surface area (Å²) >= 11 is 0. The van der Waals surface area contributed by atoms with Crippen LogP contribution in [0.2, 0.25) is 0 Å². The summed E-state index contributed by atoms with van der Waals surface area (Å²) in [6, 6.07) is 7.46. The van der Waals surface area contributed by atoms with Crippen LogP contribution in [0.4, 0.5) is 4.79 Å². The number of rotatable bonds is 4. The van der Waals surface area contributed by atoms with Crippen LogP contribution in [0.15, 0.2) is 24.3 Å². The Morgan fingerprint density at radius 1 is 1.03 bits per heavy atom. The van der Waals surface area contributed by atoms with Crippen molar-refractivity contribution >= 4 is 17.8 Å². The molecule has 1 aliphatic carbocycles. The van der Waals surface area contributed by atoms with Crippen molar-refractivity contribution in [3.8, 4) is 5.75 Å². The van der Waals surface area contributed by atoms with E-state index < -0.39 is 5.54 Å². The van der Waals surface area contributed by atoms with E-state index in [0.717, 1.165) is 56.3 Å². The van der Waals surface area contributed by atoms with E-state index in [1.807, 2.05) is 29.2 Å². The van der Waals surface area contributed by atoms with Crippen molar-refractivity contribution in [3.05, 3.63) is 29.8 Å². The number of imide groups is 1.